The molecule has 0 spiro atoms. The van der Waals surface area contributed by atoms with Crippen molar-refractivity contribution in [3.63, 3.8) is 0 Å². The molecule has 2 aliphatic rings. The van der Waals surface area contributed by atoms with Gasteiger partial charge in [0, 0.05) is 24.9 Å². The van der Waals surface area contributed by atoms with E-state index in [0.717, 1.165) is 45.1 Å². The molecule has 19 heavy (non-hydrogen) atoms. The van der Waals surface area contributed by atoms with E-state index in [4.69, 9.17) is 11.5 Å². The van der Waals surface area contributed by atoms with Crippen LogP contribution in [-0.2, 0) is 9.59 Å². The molecule has 1 aliphatic carbocycles. The molecule has 2 amide bonds. The average Bonchev–Trinajstić information content (AvgIpc) is 2.86. The van der Waals surface area contributed by atoms with Crippen LogP contribution in [0.5, 0.6) is 0 Å². The van der Waals surface area contributed by atoms with Crippen LogP contribution in [0, 0.1) is 11.8 Å². The van der Waals surface area contributed by atoms with Crippen molar-refractivity contribution in [1.29, 1.82) is 0 Å². The second-order valence-corrected chi connectivity index (χ2v) is 5.88. The van der Waals surface area contributed by atoms with E-state index >= 15 is 0 Å². The van der Waals surface area contributed by atoms with Crippen molar-refractivity contribution in [3.8, 4) is 0 Å². The number of nitrogens with two attached hydrogens (primary N) is 2. The fourth-order valence-electron chi connectivity index (χ4n) is 3.59. The molecule has 1 heterocycles. The zero-order valence-corrected chi connectivity index (χ0v) is 11.5. The molecule has 0 bridgehead atoms. The molecule has 3 atom stereocenters. The molecule has 5 nitrogen and oxygen atoms in total. The van der Waals surface area contributed by atoms with Crippen LogP contribution < -0.4 is 11.5 Å². The summed E-state index contributed by atoms with van der Waals surface area (Å²) in [5.74, 6) is 0.285. The van der Waals surface area contributed by atoms with Gasteiger partial charge in [-0.3, -0.25) is 9.59 Å². The Balaban J connectivity index is 2.04. The van der Waals surface area contributed by atoms with E-state index < -0.39 is 0 Å². The van der Waals surface area contributed by atoms with Crippen LogP contribution >= 0.6 is 0 Å². The molecule has 108 valence electrons. The van der Waals surface area contributed by atoms with Crippen LogP contribution in [0.4, 0.5) is 0 Å². The Labute approximate surface area is 114 Å². The molecular weight excluding hydrogens is 242 g/mol. The topological polar surface area (TPSA) is 89.4 Å². The van der Waals surface area contributed by atoms with Crippen LogP contribution in [0.3, 0.4) is 0 Å². The normalized spacial score (nSPS) is 31.4. The minimum Gasteiger partial charge on any atom is -0.370 e. The fraction of sp³-hybridized carbons (Fsp3) is 0.857. The van der Waals surface area contributed by atoms with Crippen molar-refractivity contribution in [2.24, 2.45) is 23.3 Å². The van der Waals surface area contributed by atoms with Gasteiger partial charge < -0.3 is 16.4 Å². The molecule has 4 N–H and O–H groups in total. The zero-order chi connectivity index (χ0) is 13.8. The van der Waals surface area contributed by atoms with Crippen LogP contribution in [0.1, 0.15) is 44.9 Å². The van der Waals surface area contributed by atoms with Crippen molar-refractivity contribution >= 4 is 11.8 Å². The SMILES string of the molecule is NC[C@H]1CCC[C@H]1C(=O)N1CCCCC1CC(N)=O. The summed E-state index contributed by atoms with van der Waals surface area (Å²) in [6, 6.07) is 0.0118. The minimum absolute atomic E-state index is 0.0118. The first-order valence-electron chi connectivity index (χ1n) is 7.42. The van der Waals surface area contributed by atoms with Gasteiger partial charge in [-0.1, -0.05) is 6.42 Å². The number of hydrogen-bond donors (Lipinski definition) is 2. The van der Waals surface area contributed by atoms with Gasteiger partial charge in [-0.2, -0.15) is 0 Å². The van der Waals surface area contributed by atoms with Crippen LogP contribution in [0.25, 0.3) is 0 Å². The Bertz CT molecular complexity index is 346. The highest BCUT2D eigenvalue weighted by molar-refractivity contribution is 5.81. The fourth-order valence-corrected chi connectivity index (χ4v) is 3.59. The highest BCUT2D eigenvalue weighted by atomic mass is 16.2. The van der Waals surface area contributed by atoms with E-state index in [0.29, 0.717) is 18.9 Å². The lowest BCUT2D eigenvalue weighted by Gasteiger charge is -2.37. The van der Waals surface area contributed by atoms with E-state index in [1.165, 1.54) is 0 Å². The lowest BCUT2D eigenvalue weighted by molar-refractivity contribution is -0.141. The van der Waals surface area contributed by atoms with E-state index in [9.17, 15) is 9.59 Å². The molecule has 2 rings (SSSR count). The zero-order valence-electron chi connectivity index (χ0n) is 11.5. The molecule has 1 saturated heterocycles. The molecule has 2 fully saturated rings. The van der Waals surface area contributed by atoms with E-state index in [-0.39, 0.29) is 23.8 Å². The first-order valence-corrected chi connectivity index (χ1v) is 7.42. The Morgan fingerprint density at radius 3 is 2.58 bits per heavy atom. The van der Waals surface area contributed by atoms with Gasteiger partial charge >= 0.3 is 0 Å². The number of likely N-dealkylation sites (tertiary alicyclic amines) is 1. The van der Waals surface area contributed by atoms with Crippen LogP contribution in [0.2, 0.25) is 0 Å². The van der Waals surface area contributed by atoms with Gasteiger partial charge in [0.1, 0.15) is 0 Å². The van der Waals surface area contributed by atoms with E-state index in [2.05, 4.69) is 0 Å². The molecule has 0 aromatic rings. The van der Waals surface area contributed by atoms with Crippen LogP contribution in [-0.4, -0.2) is 35.8 Å². The molecule has 0 aromatic heterocycles. The third-order valence-electron chi connectivity index (χ3n) is 4.63. The van der Waals surface area contributed by atoms with E-state index in [1.807, 2.05) is 4.90 Å². The Kier molecular flexibility index (Phi) is 4.80. The number of carbonyl (C=O) groups is 2. The van der Waals surface area contributed by atoms with Gasteiger partial charge in [-0.25, -0.2) is 0 Å². The summed E-state index contributed by atoms with van der Waals surface area (Å²) in [7, 11) is 0. The van der Waals surface area contributed by atoms with Gasteiger partial charge in [0.2, 0.25) is 11.8 Å². The molecule has 1 saturated carbocycles. The van der Waals surface area contributed by atoms with Gasteiger partial charge in [0.05, 0.1) is 0 Å². The smallest absolute Gasteiger partial charge is 0.226 e. The summed E-state index contributed by atoms with van der Waals surface area (Å²) in [6.45, 7) is 1.36. The van der Waals surface area contributed by atoms with Gasteiger partial charge in [0.15, 0.2) is 0 Å². The molecule has 0 aromatic carbocycles. The Morgan fingerprint density at radius 2 is 1.89 bits per heavy atom. The monoisotopic (exact) mass is 267 g/mol. The summed E-state index contributed by atoms with van der Waals surface area (Å²) in [5, 5.41) is 0. The number of carbonyl (C=O) groups excluding carboxylic acids is 2. The maximum atomic E-state index is 12.7. The number of hydrogen-bond acceptors (Lipinski definition) is 3. The number of rotatable bonds is 4. The number of nitrogens with zero attached hydrogens (tertiary/aromatic N) is 1. The second kappa shape index (κ2) is 6.37. The van der Waals surface area contributed by atoms with Gasteiger partial charge in [-0.05, 0) is 44.6 Å². The van der Waals surface area contributed by atoms with E-state index in [1.54, 1.807) is 0 Å². The van der Waals surface area contributed by atoms with Gasteiger partial charge in [-0.15, -0.1) is 0 Å². The minimum atomic E-state index is -0.313. The summed E-state index contributed by atoms with van der Waals surface area (Å²) in [4.78, 5) is 25.7. The number of primary amides is 1. The van der Waals surface area contributed by atoms with Crippen molar-refractivity contribution < 1.29 is 9.59 Å². The molecular formula is C14H25N3O2. The lowest BCUT2D eigenvalue weighted by Crippen LogP contribution is -2.49. The Hall–Kier alpha value is -1.10. The summed E-state index contributed by atoms with van der Waals surface area (Å²) >= 11 is 0. The standard InChI is InChI=1S/C14H25N3O2/c15-9-10-4-3-6-12(10)14(19)17-7-2-1-5-11(17)8-13(16)18/h10-12H,1-9,15H2,(H2,16,18)/t10-,11?,12-/m1/s1. The van der Waals surface area contributed by atoms with Crippen molar-refractivity contribution in [3.05, 3.63) is 0 Å². The van der Waals surface area contributed by atoms with Crippen LogP contribution in [0.15, 0.2) is 0 Å². The highest BCUT2D eigenvalue weighted by Gasteiger charge is 2.37. The Morgan fingerprint density at radius 1 is 1.11 bits per heavy atom. The summed E-state index contributed by atoms with van der Waals surface area (Å²) in [6.07, 6.45) is 6.39. The average molecular weight is 267 g/mol. The molecule has 1 aliphatic heterocycles. The van der Waals surface area contributed by atoms with Crippen molar-refractivity contribution in [1.82, 2.24) is 4.90 Å². The number of amides is 2. The molecule has 0 radical (unpaired) electrons. The molecule has 5 heteroatoms. The predicted octanol–water partition coefficient (Wildman–Crippen LogP) is 0.618. The first kappa shape index (κ1) is 14.3. The number of piperidine rings is 1. The summed E-state index contributed by atoms with van der Waals surface area (Å²) < 4.78 is 0. The predicted molar refractivity (Wildman–Crippen MR) is 73.0 cm³/mol. The summed E-state index contributed by atoms with van der Waals surface area (Å²) in [5.41, 5.74) is 11.1. The second-order valence-electron chi connectivity index (χ2n) is 5.88. The van der Waals surface area contributed by atoms with Crippen molar-refractivity contribution in [2.75, 3.05) is 13.1 Å². The first-order chi connectivity index (χ1) is 9.13. The third-order valence-corrected chi connectivity index (χ3v) is 4.63. The third kappa shape index (κ3) is 3.26. The largest absolute Gasteiger partial charge is 0.370 e. The maximum absolute atomic E-state index is 12.7. The quantitative estimate of drug-likeness (QED) is 0.782. The van der Waals surface area contributed by atoms with Crippen molar-refractivity contribution in [2.45, 2.75) is 51.0 Å². The van der Waals surface area contributed by atoms with Gasteiger partial charge in [0.25, 0.3) is 0 Å². The lowest BCUT2D eigenvalue weighted by atomic mass is 9.91. The highest BCUT2D eigenvalue weighted by Crippen LogP contribution is 2.34. The maximum Gasteiger partial charge on any atom is 0.226 e. The molecule has 1 unspecified atom stereocenters.